The molecule has 3 rings (SSSR count). The number of amides is 2. The van der Waals surface area contributed by atoms with Crippen LogP contribution in [-0.2, 0) is 4.79 Å². The molecule has 6 nitrogen and oxygen atoms in total. The van der Waals surface area contributed by atoms with E-state index in [0.29, 0.717) is 27.6 Å². The highest BCUT2D eigenvalue weighted by Gasteiger charge is 2.08. The highest BCUT2D eigenvalue weighted by atomic mass is 35.5. The summed E-state index contributed by atoms with van der Waals surface area (Å²) in [4.78, 5) is 24.1. The van der Waals surface area contributed by atoms with Crippen LogP contribution in [0.4, 0.5) is 5.69 Å². The summed E-state index contributed by atoms with van der Waals surface area (Å²) < 4.78 is 5.52. The molecular weight excluding hydrogens is 414 g/mol. The molecule has 0 atom stereocenters. The summed E-state index contributed by atoms with van der Waals surface area (Å²) in [6, 6.07) is 19.5. The first kappa shape index (κ1) is 22.1. The zero-order valence-corrected chi connectivity index (χ0v) is 17.9. The maximum absolute atomic E-state index is 12.1. The van der Waals surface area contributed by atoms with E-state index in [-0.39, 0.29) is 18.4 Å². The first-order valence-corrected chi connectivity index (χ1v) is 9.98. The summed E-state index contributed by atoms with van der Waals surface area (Å²) >= 11 is 6.24. The van der Waals surface area contributed by atoms with Crippen LogP contribution >= 0.6 is 11.6 Å². The van der Waals surface area contributed by atoms with Crippen LogP contribution in [0.1, 0.15) is 27.0 Å². The first-order valence-electron chi connectivity index (χ1n) is 9.60. The van der Waals surface area contributed by atoms with Crippen molar-refractivity contribution in [2.45, 2.75) is 13.8 Å². The third-order valence-electron chi connectivity index (χ3n) is 4.52. The second kappa shape index (κ2) is 10.4. The van der Waals surface area contributed by atoms with E-state index < -0.39 is 0 Å². The number of anilines is 1. The van der Waals surface area contributed by atoms with Crippen LogP contribution in [0.5, 0.6) is 5.75 Å². The molecule has 0 aromatic heterocycles. The zero-order chi connectivity index (χ0) is 22.2. The predicted octanol–water partition coefficient (Wildman–Crippen LogP) is 4.74. The number of rotatable bonds is 7. The average Bonchev–Trinajstić information content (AvgIpc) is 2.76. The normalized spacial score (nSPS) is 10.7. The molecule has 0 unspecified atom stereocenters. The largest absolute Gasteiger partial charge is 0.482 e. The third kappa shape index (κ3) is 6.42. The van der Waals surface area contributed by atoms with E-state index in [1.54, 1.807) is 42.5 Å². The lowest BCUT2D eigenvalue weighted by Crippen LogP contribution is -2.20. The van der Waals surface area contributed by atoms with Crippen molar-refractivity contribution in [2.24, 2.45) is 5.10 Å². The van der Waals surface area contributed by atoms with E-state index in [0.717, 1.165) is 11.1 Å². The van der Waals surface area contributed by atoms with Crippen molar-refractivity contribution in [1.82, 2.24) is 5.43 Å². The maximum atomic E-state index is 12.1. The Morgan fingerprint density at radius 1 is 1.00 bits per heavy atom. The molecule has 3 aromatic carbocycles. The second-order valence-electron chi connectivity index (χ2n) is 6.89. The standard InChI is InChI=1S/C24H22ClN3O3/c1-16-8-10-20(12-17(16)2)27-23(29)15-31-22-11-9-18(13-21(22)25)14-26-28-24(30)19-6-4-3-5-7-19/h3-14H,15H2,1-2H3,(H,27,29)(H,28,30)/b26-14+. The van der Waals surface area contributed by atoms with Crippen LogP contribution in [0.15, 0.2) is 71.8 Å². The molecule has 0 spiro atoms. The lowest BCUT2D eigenvalue weighted by molar-refractivity contribution is -0.118. The van der Waals surface area contributed by atoms with Crippen molar-refractivity contribution in [3.63, 3.8) is 0 Å². The molecule has 0 heterocycles. The lowest BCUT2D eigenvalue weighted by Gasteiger charge is -2.10. The van der Waals surface area contributed by atoms with Gasteiger partial charge in [-0.1, -0.05) is 35.9 Å². The SMILES string of the molecule is Cc1ccc(NC(=O)COc2ccc(/C=N/NC(=O)c3ccccc3)cc2Cl)cc1C. The summed E-state index contributed by atoms with van der Waals surface area (Å²) in [5.41, 5.74) is 6.61. The number of nitrogens with zero attached hydrogens (tertiary/aromatic N) is 1. The van der Waals surface area contributed by atoms with Crippen molar-refractivity contribution in [1.29, 1.82) is 0 Å². The number of carbonyl (C=O) groups is 2. The molecule has 0 fully saturated rings. The molecule has 31 heavy (non-hydrogen) atoms. The van der Waals surface area contributed by atoms with Crippen molar-refractivity contribution >= 4 is 35.3 Å². The monoisotopic (exact) mass is 435 g/mol. The number of carbonyl (C=O) groups excluding carboxylic acids is 2. The minimum atomic E-state index is -0.308. The zero-order valence-electron chi connectivity index (χ0n) is 17.2. The van der Waals surface area contributed by atoms with Gasteiger partial charge in [-0.3, -0.25) is 9.59 Å². The van der Waals surface area contributed by atoms with Gasteiger partial charge in [-0.2, -0.15) is 5.10 Å². The second-order valence-corrected chi connectivity index (χ2v) is 7.30. The fourth-order valence-corrected chi connectivity index (χ4v) is 2.94. The first-order chi connectivity index (χ1) is 14.9. The molecule has 2 N–H and O–H groups in total. The van der Waals surface area contributed by atoms with Gasteiger partial charge in [0.1, 0.15) is 5.75 Å². The minimum absolute atomic E-state index is 0.173. The number of hydrazone groups is 1. The number of hydrogen-bond donors (Lipinski definition) is 2. The Morgan fingerprint density at radius 2 is 1.77 bits per heavy atom. The van der Waals surface area contributed by atoms with Gasteiger partial charge in [0.15, 0.2) is 6.61 Å². The quantitative estimate of drug-likeness (QED) is 0.415. The van der Waals surface area contributed by atoms with Crippen LogP contribution in [0.25, 0.3) is 0 Å². The van der Waals surface area contributed by atoms with E-state index in [9.17, 15) is 9.59 Å². The van der Waals surface area contributed by atoms with E-state index in [2.05, 4.69) is 15.8 Å². The highest BCUT2D eigenvalue weighted by molar-refractivity contribution is 6.32. The Morgan fingerprint density at radius 3 is 2.48 bits per heavy atom. The van der Waals surface area contributed by atoms with Crippen LogP contribution in [0.2, 0.25) is 5.02 Å². The number of nitrogens with one attached hydrogen (secondary N) is 2. The van der Waals surface area contributed by atoms with E-state index in [4.69, 9.17) is 16.3 Å². The van der Waals surface area contributed by atoms with Crippen LogP contribution < -0.4 is 15.5 Å². The topological polar surface area (TPSA) is 79.8 Å². The number of ether oxygens (including phenoxy) is 1. The van der Waals surface area contributed by atoms with E-state index in [1.807, 2.05) is 38.1 Å². The third-order valence-corrected chi connectivity index (χ3v) is 4.82. The van der Waals surface area contributed by atoms with Crippen molar-refractivity contribution in [2.75, 3.05) is 11.9 Å². The van der Waals surface area contributed by atoms with Gasteiger partial charge in [0.05, 0.1) is 11.2 Å². The predicted molar refractivity (Wildman–Crippen MR) is 123 cm³/mol. The van der Waals surface area contributed by atoms with Crippen molar-refractivity contribution < 1.29 is 14.3 Å². The number of benzene rings is 3. The summed E-state index contributed by atoms with van der Waals surface area (Å²) in [7, 11) is 0. The highest BCUT2D eigenvalue weighted by Crippen LogP contribution is 2.25. The summed E-state index contributed by atoms with van der Waals surface area (Å²) in [6.45, 7) is 3.82. The molecule has 0 radical (unpaired) electrons. The average molecular weight is 436 g/mol. The maximum Gasteiger partial charge on any atom is 0.271 e. The van der Waals surface area contributed by atoms with Gasteiger partial charge in [-0.25, -0.2) is 5.43 Å². The molecule has 0 aliphatic rings. The summed E-state index contributed by atoms with van der Waals surface area (Å²) in [5.74, 6) is -0.214. The van der Waals surface area contributed by atoms with E-state index in [1.165, 1.54) is 6.21 Å². The van der Waals surface area contributed by atoms with Gasteiger partial charge < -0.3 is 10.1 Å². The number of hydrogen-bond acceptors (Lipinski definition) is 4. The van der Waals surface area contributed by atoms with Crippen LogP contribution in [0, 0.1) is 13.8 Å². The van der Waals surface area contributed by atoms with Crippen molar-refractivity contribution in [3.8, 4) is 5.75 Å². The van der Waals surface area contributed by atoms with Gasteiger partial charge in [-0.05, 0) is 73.0 Å². The fourth-order valence-electron chi connectivity index (χ4n) is 2.69. The number of halogens is 1. The summed E-state index contributed by atoms with van der Waals surface area (Å²) in [5, 5.41) is 7.06. The molecule has 0 aliphatic heterocycles. The Hall–Kier alpha value is -3.64. The van der Waals surface area contributed by atoms with Gasteiger partial charge in [0.25, 0.3) is 11.8 Å². The van der Waals surface area contributed by atoms with Gasteiger partial charge >= 0.3 is 0 Å². The molecule has 3 aromatic rings. The minimum Gasteiger partial charge on any atom is -0.482 e. The molecule has 158 valence electrons. The Balaban J connectivity index is 1.52. The number of aryl methyl sites for hydroxylation is 2. The Labute approximate surface area is 185 Å². The van der Waals surface area contributed by atoms with E-state index >= 15 is 0 Å². The smallest absolute Gasteiger partial charge is 0.271 e. The molecule has 0 aliphatic carbocycles. The van der Waals surface area contributed by atoms with Gasteiger partial charge in [-0.15, -0.1) is 0 Å². The summed E-state index contributed by atoms with van der Waals surface area (Å²) in [6.07, 6.45) is 1.48. The van der Waals surface area contributed by atoms with Crippen LogP contribution in [0.3, 0.4) is 0 Å². The molecule has 2 amide bonds. The Bertz CT molecular complexity index is 1110. The Kier molecular flexibility index (Phi) is 7.40. The fraction of sp³-hybridized carbons (Fsp3) is 0.125. The van der Waals surface area contributed by atoms with Gasteiger partial charge in [0.2, 0.25) is 0 Å². The molecule has 0 saturated carbocycles. The lowest BCUT2D eigenvalue weighted by atomic mass is 10.1. The molecule has 7 heteroatoms. The molecule has 0 saturated heterocycles. The van der Waals surface area contributed by atoms with Crippen molar-refractivity contribution in [3.05, 3.63) is 94.0 Å². The van der Waals surface area contributed by atoms with Crippen LogP contribution in [-0.4, -0.2) is 24.6 Å². The molecular formula is C24H22ClN3O3. The van der Waals surface area contributed by atoms with Gasteiger partial charge in [0, 0.05) is 11.3 Å². The molecule has 0 bridgehead atoms.